The van der Waals surface area contributed by atoms with Gasteiger partial charge in [0.2, 0.25) is 0 Å². The zero-order valence-electron chi connectivity index (χ0n) is 10.5. The molecule has 2 aromatic rings. The predicted octanol–water partition coefficient (Wildman–Crippen LogP) is 3.56. The van der Waals surface area contributed by atoms with Gasteiger partial charge < -0.3 is 0 Å². The van der Waals surface area contributed by atoms with Crippen molar-refractivity contribution in [2.75, 3.05) is 13.1 Å². The van der Waals surface area contributed by atoms with Crippen LogP contribution in [0, 0.1) is 0 Å². The molecule has 0 aliphatic carbocycles. The van der Waals surface area contributed by atoms with Gasteiger partial charge in [-0.3, -0.25) is 4.90 Å². The second kappa shape index (κ2) is 4.79. The van der Waals surface area contributed by atoms with Gasteiger partial charge in [-0.25, -0.2) is 0 Å². The Labute approximate surface area is 108 Å². The van der Waals surface area contributed by atoms with Crippen LogP contribution in [0.25, 0.3) is 5.57 Å². The topological polar surface area (TPSA) is 3.01 Å². The molecule has 0 amide bonds. The first-order valence-electron chi connectivity index (χ1n) is 6.39. The van der Waals surface area contributed by atoms with Gasteiger partial charge in [0.1, 0.15) is 0 Å². The lowest BCUT2D eigenvalue weighted by molar-refractivity contribution is 0.556. The van der Waals surface area contributed by atoms with E-state index >= 15 is 0 Å². The van der Waals surface area contributed by atoms with Crippen LogP contribution in [0.3, 0.4) is 0 Å². The Balaban J connectivity index is 1.77. The second-order valence-corrected chi connectivity index (χ2v) is 4.82. The summed E-state index contributed by atoms with van der Waals surface area (Å²) in [6.45, 7) is 7.77. The first-order valence-corrected chi connectivity index (χ1v) is 6.39. The zero-order chi connectivity index (χ0) is 12.4. The molecule has 2 aromatic carbocycles. The van der Waals surface area contributed by atoms with E-state index in [1.54, 1.807) is 0 Å². The van der Waals surface area contributed by atoms with Crippen molar-refractivity contribution >= 4 is 5.57 Å². The van der Waals surface area contributed by atoms with Crippen LogP contribution in [0.2, 0.25) is 0 Å². The van der Waals surface area contributed by atoms with Crippen LogP contribution in [0.4, 0.5) is 0 Å². The van der Waals surface area contributed by atoms with Crippen LogP contribution in [-0.2, 0) is 6.54 Å². The summed E-state index contributed by atoms with van der Waals surface area (Å²) in [6.07, 6.45) is 0. The summed E-state index contributed by atoms with van der Waals surface area (Å²) >= 11 is 0. The molecule has 90 valence electrons. The van der Waals surface area contributed by atoms with Gasteiger partial charge in [-0.15, -0.1) is 0 Å². The standard InChI is InChI=1S/C17H17N/c1-14(16-5-3-2-4-6-16)17-9-7-15(8-10-17)13-18-11-12-18/h2-10H,1,11-13H2. The maximum Gasteiger partial charge on any atom is 0.0234 e. The minimum Gasteiger partial charge on any atom is -0.297 e. The highest BCUT2D eigenvalue weighted by molar-refractivity contribution is 5.77. The summed E-state index contributed by atoms with van der Waals surface area (Å²) in [5.41, 5.74) is 4.87. The van der Waals surface area contributed by atoms with Crippen LogP contribution in [-0.4, -0.2) is 18.0 Å². The first kappa shape index (κ1) is 11.2. The maximum atomic E-state index is 4.19. The molecule has 0 radical (unpaired) electrons. The van der Waals surface area contributed by atoms with Crippen LogP contribution >= 0.6 is 0 Å². The molecular weight excluding hydrogens is 218 g/mol. The summed E-state index contributed by atoms with van der Waals surface area (Å²) in [5, 5.41) is 0. The fraction of sp³-hybridized carbons (Fsp3) is 0.176. The lowest BCUT2D eigenvalue weighted by Gasteiger charge is -2.08. The number of benzene rings is 2. The molecule has 0 saturated carbocycles. The molecule has 1 saturated heterocycles. The van der Waals surface area contributed by atoms with Crippen LogP contribution in [0.5, 0.6) is 0 Å². The number of hydrogen-bond donors (Lipinski definition) is 0. The van der Waals surface area contributed by atoms with Gasteiger partial charge in [0, 0.05) is 19.6 Å². The van der Waals surface area contributed by atoms with Crippen molar-refractivity contribution in [1.82, 2.24) is 4.90 Å². The molecule has 1 heteroatoms. The Morgan fingerprint density at radius 3 is 2.11 bits per heavy atom. The van der Waals surface area contributed by atoms with Crippen molar-refractivity contribution in [3.8, 4) is 0 Å². The van der Waals surface area contributed by atoms with Crippen molar-refractivity contribution in [1.29, 1.82) is 0 Å². The fourth-order valence-electron chi connectivity index (χ4n) is 2.10. The molecule has 1 fully saturated rings. The van der Waals surface area contributed by atoms with E-state index in [4.69, 9.17) is 0 Å². The van der Waals surface area contributed by atoms with Crippen LogP contribution in [0.1, 0.15) is 16.7 Å². The van der Waals surface area contributed by atoms with E-state index in [0.717, 1.165) is 12.1 Å². The quantitative estimate of drug-likeness (QED) is 0.732. The molecule has 0 spiro atoms. The number of rotatable bonds is 4. The Morgan fingerprint density at radius 2 is 1.50 bits per heavy atom. The van der Waals surface area contributed by atoms with Crippen molar-refractivity contribution in [2.45, 2.75) is 6.54 Å². The Morgan fingerprint density at radius 1 is 0.889 bits per heavy atom. The number of nitrogens with zero attached hydrogens (tertiary/aromatic N) is 1. The normalized spacial score (nSPS) is 14.4. The summed E-state index contributed by atoms with van der Waals surface area (Å²) in [5.74, 6) is 0. The summed E-state index contributed by atoms with van der Waals surface area (Å²) in [6, 6.07) is 19.1. The SMILES string of the molecule is C=C(c1ccccc1)c1ccc(CN2CC2)cc1. The Kier molecular flexibility index (Phi) is 2.99. The van der Waals surface area contributed by atoms with E-state index in [1.165, 1.54) is 29.8 Å². The molecule has 1 heterocycles. The number of hydrogen-bond acceptors (Lipinski definition) is 1. The van der Waals surface area contributed by atoms with E-state index in [1.807, 2.05) is 6.07 Å². The monoisotopic (exact) mass is 235 g/mol. The Hall–Kier alpha value is -1.86. The molecule has 0 unspecified atom stereocenters. The molecule has 0 N–H and O–H groups in total. The third-order valence-electron chi connectivity index (χ3n) is 3.37. The van der Waals surface area contributed by atoms with E-state index < -0.39 is 0 Å². The van der Waals surface area contributed by atoms with Crippen molar-refractivity contribution in [3.63, 3.8) is 0 Å². The molecule has 1 aliphatic heterocycles. The lowest BCUT2D eigenvalue weighted by Crippen LogP contribution is -1.96. The average Bonchev–Trinajstić information content (AvgIpc) is 3.24. The highest BCUT2D eigenvalue weighted by Crippen LogP contribution is 2.22. The van der Waals surface area contributed by atoms with Crippen molar-refractivity contribution < 1.29 is 0 Å². The third-order valence-corrected chi connectivity index (χ3v) is 3.37. The van der Waals surface area contributed by atoms with Gasteiger partial charge in [0.15, 0.2) is 0 Å². The summed E-state index contributed by atoms with van der Waals surface area (Å²) < 4.78 is 0. The minimum atomic E-state index is 1.08. The second-order valence-electron chi connectivity index (χ2n) is 4.82. The first-order chi connectivity index (χ1) is 8.83. The molecule has 1 nitrogen and oxygen atoms in total. The smallest absolute Gasteiger partial charge is 0.0234 e. The predicted molar refractivity (Wildman–Crippen MR) is 76.3 cm³/mol. The molecular formula is C17H17N. The lowest BCUT2D eigenvalue weighted by atomic mass is 9.99. The highest BCUT2D eigenvalue weighted by Gasteiger charge is 2.16. The van der Waals surface area contributed by atoms with Gasteiger partial charge in [-0.1, -0.05) is 61.2 Å². The zero-order valence-corrected chi connectivity index (χ0v) is 10.5. The average molecular weight is 235 g/mol. The maximum absolute atomic E-state index is 4.19. The van der Waals surface area contributed by atoms with Gasteiger partial charge in [0.05, 0.1) is 0 Å². The van der Waals surface area contributed by atoms with Crippen LogP contribution in [0.15, 0.2) is 61.2 Å². The van der Waals surface area contributed by atoms with Crippen LogP contribution < -0.4 is 0 Å². The summed E-state index contributed by atoms with van der Waals surface area (Å²) in [4.78, 5) is 2.42. The molecule has 1 aliphatic rings. The minimum absolute atomic E-state index is 1.08. The fourth-order valence-corrected chi connectivity index (χ4v) is 2.10. The molecule has 18 heavy (non-hydrogen) atoms. The third kappa shape index (κ3) is 2.52. The van der Waals surface area contributed by atoms with Gasteiger partial charge >= 0.3 is 0 Å². The van der Waals surface area contributed by atoms with E-state index in [-0.39, 0.29) is 0 Å². The van der Waals surface area contributed by atoms with E-state index in [9.17, 15) is 0 Å². The summed E-state index contributed by atoms with van der Waals surface area (Å²) in [7, 11) is 0. The van der Waals surface area contributed by atoms with Gasteiger partial charge in [-0.2, -0.15) is 0 Å². The van der Waals surface area contributed by atoms with Gasteiger partial charge in [0.25, 0.3) is 0 Å². The van der Waals surface area contributed by atoms with E-state index in [2.05, 4.69) is 60.0 Å². The van der Waals surface area contributed by atoms with Crippen molar-refractivity contribution in [2.24, 2.45) is 0 Å². The Bertz CT molecular complexity index is 536. The van der Waals surface area contributed by atoms with Gasteiger partial charge in [-0.05, 0) is 22.3 Å². The molecule has 0 aromatic heterocycles. The molecule has 0 bridgehead atoms. The van der Waals surface area contributed by atoms with E-state index in [0.29, 0.717) is 0 Å². The van der Waals surface area contributed by atoms with Crippen molar-refractivity contribution in [3.05, 3.63) is 77.9 Å². The molecule has 3 rings (SSSR count). The largest absolute Gasteiger partial charge is 0.297 e. The highest BCUT2D eigenvalue weighted by atomic mass is 15.2. The molecule has 0 atom stereocenters.